The lowest BCUT2D eigenvalue weighted by Gasteiger charge is -2.00. The van der Waals surface area contributed by atoms with Gasteiger partial charge in [-0.3, -0.25) is 4.79 Å². The van der Waals surface area contributed by atoms with Gasteiger partial charge in [-0.15, -0.1) is 0 Å². The zero-order valence-electron chi connectivity index (χ0n) is 6.45. The van der Waals surface area contributed by atoms with E-state index >= 15 is 0 Å². The molecule has 60 valence electrons. The molecule has 1 amide bonds. The predicted molar refractivity (Wildman–Crippen MR) is 44.3 cm³/mol. The summed E-state index contributed by atoms with van der Waals surface area (Å²) in [5.74, 6) is -0.485. The van der Waals surface area contributed by atoms with Gasteiger partial charge in [0.05, 0.1) is 12.5 Å². The minimum Gasteiger partial charge on any atom is -0.366 e. The van der Waals surface area contributed by atoms with Crippen LogP contribution >= 0.6 is 0 Å². The lowest BCUT2D eigenvalue weighted by molar-refractivity contribution is 0.0999. The summed E-state index contributed by atoms with van der Waals surface area (Å²) < 4.78 is 0. The lowest BCUT2D eigenvalue weighted by atomic mass is 10.1. The summed E-state index contributed by atoms with van der Waals surface area (Å²) >= 11 is 0. The van der Waals surface area contributed by atoms with Crippen LogP contribution in [0.4, 0.5) is 0 Å². The number of nitrogens with two attached hydrogens (primary N) is 1. The Morgan fingerprint density at radius 2 is 2.17 bits per heavy atom. The standard InChI is InChI=1S/C9H8N2O/c10-6-5-7-3-1-2-4-8(7)9(11)12/h1-4H,5H2,(H2,11,12). The number of hydrogen-bond acceptors (Lipinski definition) is 2. The van der Waals surface area contributed by atoms with Crippen molar-refractivity contribution in [1.82, 2.24) is 0 Å². The van der Waals surface area contributed by atoms with E-state index in [9.17, 15) is 4.79 Å². The Bertz CT molecular complexity index is 339. The Kier molecular flexibility index (Phi) is 2.44. The average molecular weight is 160 g/mol. The van der Waals surface area contributed by atoms with E-state index in [4.69, 9.17) is 11.0 Å². The molecule has 0 saturated heterocycles. The quantitative estimate of drug-likeness (QED) is 0.696. The second-order valence-electron chi connectivity index (χ2n) is 2.36. The Labute approximate surface area is 70.4 Å². The highest BCUT2D eigenvalue weighted by molar-refractivity contribution is 5.94. The van der Waals surface area contributed by atoms with Gasteiger partial charge >= 0.3 is 0 Å². The van der Waals surface area contributed by atoms with Crippen molar-refractivity contribution in [3.05, 3.63) is 35.4 Å². The third-order valence-electron chi connectivity index (χ3n) is 1.55. The molecule has 0 aromatic heterocycles. The van der Waals surface area contributed by atoms with Gasteiger partial charge in [0.15, 0.2) is 0 Å². The van der Waals surface area contributed by atoms with Crippen LogP contribution in [0.1, 0.15) is 15.9 Å². The maximum absolute atomic E-state index is 10.8. The van der Waals surface area contributed by atoms with E-state index in [1.807, 2.05) is 6.07 Å². The van der Waals surface area contributed by atoms with E-state index in [-0.39, 0.29) is 6.42 Å². The summed E-state index contributed by atoms with van der Waals surface area (Å²) in [6.07, 6.45) is 0.221. The Hall–Kier alpha value is -1.82. The molecule has 0 atom stereocenters. The van der Waals surface area contributed by atoms with Crippen molar-refractivity contribution in [2.75, 3.05) is 0 Å². The van der Waals surface area contributed by atoms with Crippen molar-refractivity contribution in [2.45, 2.75) is 6.42 Å². The molecule has 2 N–H and O–H groups in total. The van der Waals surface area contributed by atoms with Crippen LogP contribution in [0.5, 0.6) is 0 Å². The first-order valence-electron chi connectivity index (χ1n) is 3.50. The third-order valence-corrected chi connectivity index (χ3v) is 1.55. The second kappa shape index (κ2) is 3.54. The highest BCUT2D eigenvalue weighted by Gasteiger charge is 2.05. The second-order valence-corrected chi connectivity index (χ2v) is 2.36. The van der Waals surface area contributed by atoms with E-state index in [0.29, 0.717) is 11.1 Å². The minimum atomic E-state index is -0.485. The molecule has 1 rings (SSSR count). The van der Waals surface area contributed by atoms with Crippen molar-refractivity contribution in [3.63, 3.8) is 0 Å². The van der Waals surface area contributed by atoms with Gasteiger partial charge in [0.25, 0.3) is 0 Å². The van der Waals surface area contributed by atoms with Crippen molar-refractivity contribution < 1.29 is 4.79 Å². The molecule has 3 heteroatoms. The molecule has 12 heavy (non-hydrogen) atoms. The summed E-state index contributed by atoms with van der Waals surface area (Å²) in [4.78, 5) is 10.8. The van der Waals surface area contributed by atoms with E-state index in [2.05, 4.69) is 0 Å². The molecule has 0 aliphatic heterocycles. The first-order valence-corrected chi connectivity index (χ1v) is 3.50. The maximum atomic E-state index is 10.8. The fourth-order valence-corrected chi connectivity index (χ4v) is 1.00. The molecular formula is C9H8N2O. The Morgan fingerprint density at radius 1 is 1.50 bits per heavy atom. The number of primary amides is 1. The number of benzene rings is 1. The van der Waals surface area contributed by atoms with Crippen molar-refractivity contribution in [1.29, 1.82) is 5.26 Å². The van der Waals surface area contributed by atoms with Crippen LogP contribution in [0, 0.1) is 11.3 Å². The van der Waals surface area contributed by atoms with E-state index < -0.39 is 5.91 Å². The van der Waals surface area contributed by atoms with Gasteiger partial charge < -0.3 is 5.73 Å². The SMILES string of the molecule is N#CCc1ccccc1C(N)=O. The van der Waals surface area contributed by atoms with Crippen LogP contribution < -0.4 is 5.73 Å². The zero-order valence-corrected chi connectivity index (χ0v) is 6.45. The molecule has 0 aliphatic carbocycles. The summed E-state index contributed by atoms with van der Waals surface area (Å²) in [6, 6.07) is 8.82. The van der Waals surface area contributed by atoms with Crippen molar-refractivity contribution in [3.8, 4) is 6.07 Å². The highest BCUT2D eigenvalue weighted by atomic mass is 16.1. The number of nitrogens with zero attached hydrogens (tertiary/aromatic N) is 1. The number of hydrogen-bond donors (Lipinski definition) is 1. The van der Waals surface area contributed by atoms with Gasteiger partial charge in [0.1, 0.15) is 0 Å². The molecule has 0 radical (unpaired) electrons. The monoisotopic (exact) mass is 160 g/mol. The number of carbonyl (C=O) groups is 1. The molecule has 0 spiro atoms. The van der Waals surface area contributed by atoms with Gasteiger partial charge in [-0.05, 0) is 11.6 Å². The third kappa shape index (κ3) is 1.61. The largest absolute Gasteiger partial charge is 0.366 e. The van der Waals surface area contributed by atoms with Crippen molar-refractivity contribution in [2.24, 2.45) is 5.73 Å². The van der Waals surface area contributed by atoms with Crippen LogP contribution in [-0.4, -0.2) is 5.91 Å². The molecule has 1 aromatic carbocycles. The molecule has 3 nitrogen and oxygen atoms in total. The molecule has 0 heterocycles. The van der Waals surface area contributed by atoms with Crippen LogP contribution in [0.3, 0.4) is 0 Å². The number of carbonyl (C=O) groups excluding carboxylic acids is 1. The van der Waals surface area contributed by atoms with E-state index in [0.717, 1.165) is 0 Å². The first-order chi connectivity index (χ1) is 5.75. The average Bonchev–Trinajstić information content (AvgIpc) is 2.05. The lowest BCUT2D eigenvalue weighted by Crippen LogP contribution is -2.13. The van der Waals surface area contributed by atoms with E-state index in [1.165, 1.54) is 0 Å². The molecular weight excluding hydrogens is 152 g/mol. The van der Waals surface area contributed by atoms with Crippen molar-refractivity contribution >= 4 is 5.91 Å². The normalized spacial score (nSPS) is 8.92. The van der Waals surface area contributed by atoms with Crippen LogP contribution in [-0.2, 0) is 6.42 Å². The summed E-state index contributed by atoms with van der Waals surface area (Å²) in [5, 5.41) is 8.42. The Morgan fingerprint density at radius 3 is 2.75 bits per heavy atom. The summed E-state index contributed by atoms with van der Waals surface area (Å²) in [7, 11) is 0. The molecule has 0 fully saturated rings. The number of amides is 1. The Balaban J connectivity index is 3.10. The van der Waals surface area contributed by atoms with Gasteiger partial charge in [-0.2, -0.15) is 5.26 Å². The molecule has 0 bridgehead atoms. The van der Waals surface area contributed by atoms with Crippen LogP contribution in [0.15, 0.2) is 24.3 Å². The zero-order chi connectivity index (χ0) is 8.97. The highest BCUT2D eigenvalue weighted by Crippen LogP contribution is 2.07. The van der Waals surface area contributed by atoms with Gasteiger partial charge in [0, 0.05) is 5.56 Å². The minimum absolute atomic E-state index is 0.221. The molecule has 0 saturated carbocycles. The van der Waals surface area contributed by atoms with Crippen LogP contribution in [0.25, 0.3) is 0 Å². The predicted octanol–water partition coefficient (Wildman–Crippen LogP) is 0.852. The molecule has 0 aliphatic rings. The first kappa shape index (κ1) is 8.28. The molecule has 0 unspecified atom stereocenters. The fourth-order valence-electron chi connectivity index (χ4n) is 1.00. The summed E-state index contributed by atoms with van der Waals surface area (Å²) in [5.41, 5.74) is 6.21. The molecule has 1 aromatic rings. The number of nitriles is 1. The fraction of sp³-hybridized carbons (Fsp3) is 0.111. The number of rotatable bonds is 2. The van der Waals surface area contributed by atoms with Gasteiger partial charge in [-0.1, -0.05) is 18.2 Å². The van der Waals surface area contributed by atoms with E-state index in [1.54, 1.807) is 24.3 Å². The van der Waals surface area contributed by atoms with Gasteiger partial charge in [-0.25, -0.2) is 0 Å². The van der Waals surface area contributed by atoms with Gasteiger partial charge in [0.2, 0.25) is 5.91 Å². The maximum Gasteiger partial charge on any atom is 0.249 e. The smallest absolute Gasteiger partial charge is 0.249 e. The topological polar surface area (TPSA) is 66.9 Å². The van der Waals surface area contributed by atoms with Crippen LogP contribution in [0.2, 0.25) is 0 Å². The summed E-state index contributed by atoms with van der Waals surface area (Å²) in [6.45, 7) is 0.